The molecule has 1 aliphatic rings. The minimum atomic E-state index is -0.755. The second kappa shape index (κ2) is 5.34. The Balaban J connectivity index is 1.78. The highest BCUT2D eigenvalue weighted by Crippen LogP contribution is 2.44. The van der Waals surface area contributed by atoms with E-state index < -0.39 is 5.60 Å². The van der Waals surface area contributed by atoms with Gasteiger partial charge in [-0.05, 0) is 53.1 Å². The third-order valence-corrected chi connectivity index (χ3v) is 5.00. The van der Waals surface area contributed by atoms with E-state index in [-0.39, 0.29) is 0 Å². The average molecular weight is 335 g/mol. The van der Waals surface area contributed by atoms with Crippen molar-refractivity contribution >= 4 is 15.9 Å². The van der Waals surface area contributed by atoms with Crippen LogP contribution in [0.15, 0.2) is 41.0 Å². The van der Waals surface area contributed by atoms with Crippen molar-refractivity contribution in [3.63, 3.8) is 0 Å². The number of rotatable bonds is 2. The molecule has 1 fully saturated rings. The first kappa shape index (κ1) is 13.8. The molecule has 0 aliphatic heterocycles. The van der Waals surface area contributed by atoms with Crippen LogP contribution in [0.25, 0.3) is 0 Å². The Morgan fingerprint density at radius 2 is 1.90 bits per heavy atom. The first-order valence-electron chi connectivity index (χ1n) is 7.05. The smallest absolute Gasteiger partial charge is 0.107 e. The predicted molar refractivity (Wildman–Crippen MR) is 82.5 cm³/mol. The third kappa shape index (κ3) is 2.42. The van der Waals surface area contributed by atoms with Crippen molar-refractivity contribution in [3.8, 4) is 0 Å². The number of nitrogens with zero attached hydrogens (tertiary/aromatic N) is 2. The van der Waals surface area contributed by atoms with Gasteiger partial charge in [0, 0.05) is 7.05 Å². The lowest BCUT2D eigenvalue weighted by atomic mass is 9.75. The van der Waals surface area contributed by atoms with E-state index in [9.17, 15) is 5.11 Å². The molecular formula is C16H19BrN2O. The summed E-state index contributed by atoms with van der Waals surface area (Å²) < 4.78 is 2.69. The number of hydrogen-bond donors (Lipinski definition) is 1. The van der Waals surface area contributed by atoms with Crippen molar-refractivity contribution in [2.45, 2.75) is 37.2 Å². The fourth-order valence-corrected chi connectivity index (χ4v) is 4.04. The molecular weight excluding hydrogens is 316 g/mol. The van der Waals surface area contributed by atoms with Gasteiger partial charge in [-0.1, -0.05) is 30.3 Å². The SMILES string of the molecule is Cn1ncc(Br)c1C1(O)CCC(c2ccccc2)CC1. The van der Waals surface area contributed by atoms with Crippen LogP contribution in [-0.2, 0) is 12.6 Å². The fraction of sp³-hybridized carbons (Fsp3) is 0.438. The highest BCUT2D eigenvalue weighted by molar-refractivity contribution is 9.10. The van der Waals surface area contributed by atoms with Gasteiger partial charge in [0.1, 0.15) is 5.60 Å². The van der Waals surface area contributed by atoms with Gasteiger partial charge in [-0.3, -0.25) is 4.68 Å². The zero-order chi connectivity index (χ0) is 14.2. The molecule has 0 amide bonds. The summed E-state index contributed by atoms with van der Waals surface area (Å²) in [5.41, 5.74) is 1.54. The van der Waals surface area contributed by atoms with Crippen molar-refractivity contribution in [1.29, 1.82) is 0 Å². The zero-order valence-corrected chi connectivity index (χ0v) is 13.2. The van der Waals surface area contributed by atoms with E-state index in [1.807, 2.05) is 7.05 Å². The molecule has 1 N–H and O–H groups in total. The second-order valence-corrected chi connectivity index (χ2v) is 6.54. The quantitative estimate of drug-likeness (QED) is 0.908. The summed E-state index contributed by atoms with van der Waals surface area (Å²) in [5.74, 6) is 0.559. The maximum Gasteiger partial charge on any atom is 0.107 e. The van der Waals surface area contributed by atoms with Gasteiger partial charge in [0.05, 0.1) is 16.4 Å². The van der Waals surface area contributed by atoms with Crippen LogP contribution >= 0.6 is 15.9 Å². The molecule has 0 atom stereocenters. The number of aromatic nitrogens is 2. The summed E-state index contributed by atoms with van der Waals surface area (Å²) in [6.07, 6.45) is 5.35. The van der Waals surface area contributed by atoms with E-state index in [2.05, 4.69) is 51.4 Å². The lowest BCUT2D eigenvalue weighted by Gasteiger charge is -2.36. The third-order valence-electron chi connectivity index (χ3n) is 4.42. The summed E-state index contributed by atoms with van der Waals surface area (Å²) in [4.78, 5) is 0. The second-order valence-electron chi connectivity index (χ2n) is 5.68. The number of hydrogen-bond acceptors (Lipinski definition) is 2. The molecule has 1 aliphatic carbocycles. The fourth-order valence-electron chi connectivity index (χ4n) is 3.32. The van der Waals surface area contributed by atoms with Crippen molar-refractivity contribution in [3.05, 3.63) is 52.3 Å². The standard InChI is InChI=1S/C16H19BrN2O/c1-19-15(14(17)11-18-19)16(20)9-7-13(8-10-16)12-5-3-2-4-6-12/h2-6,11,13,20H,7-10H2,1H3. The van der Waals surface area contributed by atoms with Crippen LogP contribution in [0.3, 0.4) is 0 Å². The lowest BCUT2D eigenvalue weighted by Crippen LogP contribution is -2.33. The molecule has 1 saturated carbocycles. The molecule has 1 aromatic carbocycles. The predicted octanol–water partition coefficient (Wildman–Crippen LogP) is 3.73. The topological polar surface area (TPSA) is 38.0 Å². The van der Waals surface area contributed by atoms with Gasteiger partial charge in [-0.15, -0.1) is 0 Å². The Hall–Kier alpha value is -1.13. The van der Waals surface area contributed by atoms with Crippen LogP contribution in [-0.4, -0.2) is 14.9 Å². The molecule has 0 radical (unpaired) electrons. The van der Waals surface area contributed by atoms with Crippen LogP contribution in [0.2, 0.25) is 0 Å². The molecule has 3 rings (SSSR count). The van der Waals surface area contributed by atoms with Gasteiger partial charge in [0.25, 0.3) is 0 Å². The van der Waals surface area contributed by atoms with Gasteiger partial charge < -0.3 is 5.11 Å². The number of halogens is 1. The summed E-state index contributed by atoms with van der Waals surface area (Å²) in [6.45, 7) is 0. The minimum Gasteiger partial charge on any atom is -0.384 e. The number of aliphatic hydroxyl groups is 1. The van der Waals surface area contributed by atoms with Crippen LogP contribution in [0, 0.1) is 0 Å². The first-order valence-corrected chi connectivity index (χ1v) is 7.85. The van der Waals surface area contributed by atoms with Gasteiger partial charge in [0.15, 0.2) is 0 Å². The number of aryl methyl sites for hydroxylation is 1. The van der Waals surface area contributed by atoms with Gasteiger partial charge in [0.2, 0.25) is 0 Å². The molecule has 20 heavy (non-hydrogen) atoms. The largest absolute Gasteiger partial charge is 0.384 e. The summed E-state index contributed by atoms with van der Waals surface area (Å²) in [7, 11) is 1.89. The van der Waals surface area contributed by atoms with Crippen LogP contribution < -0.4 is 0 Å². The highest BCUT2D eigenvalue weighted by Gasteiger charge is 2.38. The van der Waals surface area contributed by atoms with Crippen LogP contribution in [0.5, 0.6) is 0 Å². The summed E-state index contributed by atoms with van der Waals surface area (Å²) in [5, 5.41) is 15.2. The maximum atomic E-state index is 11.0. The van der Waals surface area contributed by atoms with E-state index in [0.717, 1.165) is 35.8 Å². The Bertz CT molecular complexity index is 566. The molecule has 106 valence electrons. The monoisotopic (exact) mass is 334 g/mol. The molecule has 1 heterocycles. The van der Waals surface area contributed by atoms with E-state index in [1.54, 1.807) is 10.9 Å². The van der Waals surface area contributed by atoms with E-state index in [1.165, 1.54) is 5.56 Å². The van der Waals surface area contributed by atoms with Crippen molar-refractivity contribution in [1.82, 2.24) is 9.78 Å². The van der Waals surface area contributed by atoms with Crippen LogP contribution in [0.1, 0.15) is 42.9 Å². The maximum absolute atomic E-state index is 11.0. The molecule has 1 aromatic heterocycles. The Morgan fingerprint density at radius 1 is 1.25 bits per heavy atom. The lowest BCUT2D eigenvalue weighted by molar-refractivity contribution is -0.0134. The molecule has 0 unspecified atom stereocenters. The summed E-state index contributed by atoms with van der Waals surface area (Å²) in [6, 6.07) is 10.6. The Kier molecular flexibility index (Phi) is 3.69. The van der Waals surface area contributed by atoms with Gasteiger partial charge >= 0.3 is 0 Å². The molecule has 0 spiro atoms. The molecule has 3 nitrogen and oxygen atoms in total. The number of benzene rings is 1. The Labute approximate surface area is 127 Å². The van der Waals surface area contributed by atoms with E-state index in [0.29, 0.717) is 5.92 Å². The molecule has 4 heteroatoms. The van der Waals surface area contributed by atoms with E-state index >= 15 is 0 Å². The van der Waals surface area contributed by atoms with Gasteiger partial charge in [-0.25, -0.2) is 0 Å². The van der Waals surface area contributed by atoms with Gasteiger partial charge in [-0.2, -0.15) is 5.10 Å². The average Bonchev–Trinajstić information content (AvgIpc) is 2.80. The van der Waals surface area contributed by atoms with Crippen molar-refractivity contribution in [2.75, 3.05) is 0 Å². The molecule has 0 bridgehead atoms. The Morgan fingerprint density at radius 3 is 2.45 bits per heavy atom. The van der Waals surface area contributed by atoms with E-state index in [4.69, 9.17) is 0 Å². The zero-order valence-electron chi connectivity index (χ0n) is 11.6. The van der Waals surface area contributed by atoms with Crippen molar-refractivity contribution in [2.24, 2.45) is 7.05 Å². The normalized spacial score (nSPS) is 26.6. The first-order chi connectivity index (χ1) is 9.60. The molecule has 2 aromatic rings. The highest BCUT2D eigenvalue weighted by atomic mass is 79.9. The van der Waals surface area contributed by atoms with Crippen molar-refractivity contribution < 1.29 is 5.11 Å². The summed E-state index contributed by atoms with van der Waals surface area (Å²) >= 11 is 3.50. The minimum absolute atomic E-state index is 0.559. The van der Waals surface area contributed by atoms with Crippen LogP contribution in [0.4, 0.5) is 0 Å². The molecule has 0 saturated heterocycles.